The fourth-order valence-corrected chi connectivity index (χ4v) is 3.60. The van der Waals surface area contributed by atoms with Crippen molar-refractivity contribution in [2.75, 3.05) is 45.4 Å². The van der Waals surface area contributed by atoms with Gasteiger partial charge in [-0.3, -0.25) is 4.79 Å². The zero-order chi connectivity index (χ0) is 14.4. The minimum Gasteiger partial charge on any atom is -0.383 e. The van der Waals surface area contributed by atoms with Crippen LogP contribution in [0.3, 0.4) is 0 Å². The molecule has 0 aromatic carbocycles. The van der Waals surface area contributed by atoms with Crippen LogP contribution < -0.4 is 10.6 Å². The summed E-state index contributed by atoms with van der Waals surface area (Å²) >= 11 is 0. The second kappa shape index (κ2) is 8.81. The van der Waals surface area contributed by atoms with Crippen molar-refractivity contribution in [3.8, 4) is 0 Å². The first kappa shape index (κ1) is 19.6. The van der Waals surface area contributed by atoms with Crippen molar-refractivity contribution in [1.29, 1.82) is 0 Å². The van der Waals surface area contributed by atoms with Crippen LogP contribution in [0.1, 0.15) is 19.3 Å². The second-order valence-corrected chi connectivity index (χ2v) is 7.48. The molecule has 2 N–H and O–H groups in total. The largest absolute Gasteiger partial charge is 0.383 e. The van der Waals surface area contributed by atoms with Crippen molar-refractivity contribution in [2.24, 2.45) is 5.41 Å². The molecule has 1 saturated carbocycles. The number of sulfone groups is 1. The van der Waals surface area contributed by atoms with Crippen LogP contribution in [0.5, 0.6) is 0 Å². The molecule has 6 nitrogen and oxygen atoms in total. The summed E-state index contributed by atoms with van der Waals surface area (Å²) in [6, 6.07) is 0. The van der Waals surface area contributed by atoms with Gasteiger partial charge in [-0.2, -0.15) is 0 Å². The van der Waals surface area contributed by atoms with Gasteiger partial charge < -0.3 is 15.4 Å². The van der Waals surface area contributed by atoms with Crippen LogP contribution >= 0.6 is 12.4 Å². The number of halogens is 1. The first-order valence-corrected chi connectivity index (χ1v) is 8.57. The maximum Gasteiger partial charge on any atom is 0.220 e. The Morgan fingerprint density at radius 3 is 2.40 bits per heavy atom. The van der Waals surface area contributed by atoms with Crippen molar-refractivity contribution in [3.63, 3.8) is 0 Å². The molecule has 20 heavy (non-hydrogen) atoms. The van der Waals surface area contributed by atoms with Crippen molar-refractivity contribution in [1.82, 2.24) is 10.6 Å². The number of nitrogens with one attached hydrogen (secondary N) is 2. The van der Waals surface area contributed by atoms with Crippen LogP contribution in [0, 0.1) is 5.41 Å². The molecule has 1 fully saturated rings. The normalized spacial score (nSPS) is 16.3. The fourth-order valence-electron chi connectivity index (χ4n) is 2.10. The van der Waals surface area contributed by atoms with E-state index in [9.17, 15) is 13.2 Å². The SMILES string of the molecule is COCCNCCNC(=O)CC1(CS(C)(=O)=O)CC1.Cl. The molecule has 1 rings (SSSR count). The molecule has 0 aliphatic heterocycles. The molecule has 1 aliphatic carbocycles. The van der Waals surface area contributed by atoms with Gasteiger partial charge in [-0.15, -0.1) is 12.4 Å². The number of carbonyl (C=O) groups excluding carboxylic acids is 1. The fraction of sp³-hybridized carbons (Fsp3) is 0.917. The molecule has 120 valence electrons. The summed E-state index contributed by atoms with van der Waals surface area (Å²) in [5.74, 6) is 0.0640. The van der Waals surface area contributed by atoms with Crippen molar-refractivity contribution >= 4 is 28.2 Å². The van der Waals surface area contributed by atoms with Gasteiger partial charge >= 0.3 is 0 Å². The number of hydrogen-bond donors (Lipinski definition) is 2. The molecule has 8 heteroatoms. The van der Waals surface area contributed by atoms with Crippen molar-refractivity contribution < 1.29 is 17.9 Å². The quantitative estimate of drug-likeness (QED) is 0.550. The van der Waals surface area contributed by atoms with Gasteiger partial charge in [0.1, 0.15) is 9.84 Å². The minimum atomic E-state index is -3.01. The summed E-state index contributed by atoms with van der Waals surface area (Å²) in [4.78, 5) is 11.7. The van der Waals surface area contributed by atoms with E-state index in [0.717, 1.165) is 19.4 Å². The average Bonchev–Trinajstić information content (AvgIpc) is 3.00. The lowest BCUT2D eigenvalue weighted by Crippen LogP contribution is -2.35. The minimum absolute atomic E-state index is 0. The Balaban J connectivity index is 0.00000361. The van der Waals surface area contributed by atoms with E-state index >= 15 is 0 Å². The van der Waals surface area contributed by atoms with Crippen LogP contribution in [0.2, 0.25) is 0 Å². The molecule has 1 amide bonds. The number of methoxy groups -OCH3 is 1. The molecule has 0 atom stereocenters. The summed E-state index contributed by atoms with van der Waals surface area (Å²) < 4.78 is 27.4. The van der Waals surface area contributed by atoms with Gasteiger partial charge in [-0.25, -0.2) is 8.42 Å². The van der Waals surface area contributed by atoms with Gasteiger partial charge in [-0.1, -0.05) is 0 Å². The van der Waals surface area contributed by atoms with E-state index in [1.807, 2.05) is 0 Å². The van der Waals surface area contributed by atoms with E-state index in [0.29, 0.717) is 26.1 Å². The highest BCUT2D eigenvalue weighted by Gasteiger charge is 2.46. The summed E-state index contributed by atoms with van der Waals surface area (Å²) in [5, 5.41) is 5.93. The van der Waals surface area contributed by atoms with E-state index in [1.54, 1.807) is 7.11 Å². The lowest BCUT2D eigenvalue weighted by Gasteiger charge is -2.13. The van der Waals surface area contributed by atoms with Gasteiger partial charge in [-0.05, 0) is 18.3 Å². The van der Waals surface area contributed by atoms with Crippen molar-refractivity contribution in [3.05, 3.63) is 0 Å². The molecule has 0 aromatic heterocycles. The summed E-state index contributed by atoms with van der Waals surface area (Å²) in [5.41, 5.74) is -0.291. The Labute approximate surface area is 127 Å². The highest BCUT2D eigenvalue weighted by molar-refractivity contribution is 7.90. The molecule has 1 aliphatic rings. The van der Waals surface area contributed by atoms with Gasteiger partial charge in [0.15, 0.2) is 0 Å². The highest BCUT2D eigenvalue weighted by Crippen LogP contribution is 2.49. The third-order valence-electron chi connectivity index (χ3n) is 3.17. The number of hydrogen-bond acceptors (Lipinski definition) is 5. The third kappa shape index (κ3) is 8.73. The van der Waals surface area contributed by atoms with Gasteiger partial charge in [0, 0.05) is 39.4 Å². The van der Waals surface area contributed by atoms with Gasteiger partial charge in [0.2, 0.25) is 5.91 Å². The first-order chi connectivity index (χ1) is 8.87. The average molecular weight is 329 g/mol. The molecule has 0 heterocycles. The Hall–Kier alpha value is -0.370. The molecule has 0 unspecified atom stereocenters. The predicted molar refractivity (Wildman–Crippen MR) is 81.0 cm³/mol. The summed E-state index contributed by atoms with van der Waals surface area (Å²) in [7, 11) is -1.37. The summed E-state index contributed by atoms with van der Waals surface area (Å²) in [6.45, 7) is 2.64. The van der Waals surface area contributed by atoms with Crippen molar-refractivity contribution in [2.45, 2.75) is 19.3 Å². The number of carbonyl (C=O) groups is 1. The van der Waals surface area contributed by atoms with Crippen LogP contribution in [-0.4, -0.2) is 59.7 Å². The molecule has 0 radical (unpaired) electrons. The maximum absolute atomic E-state index is 11.7. The number of rotatable bonds is 10. The van der Waals surface area contributed by atoms with E-state index in [2.05, 4.69) is 10.6 Å². The second-order valence-electron chi connectivity index (χ2n) is 5.34. The number of amides is 1. The topological polar surface area (TPSA) is 84.5 Å². The standard InChI is InChI=1S/C12H24N2O4S.ClH/c1-18-8-7-13-5-6-14-11(15)9-12(3-4-12)10-19(2,16)17;/h13H,3-10H2,1-2H3,(H,14,15);1H. The van der Waals surface area contributed by atoms with E-state index in [1.165, 1.54) is 6.26 Å². The summed E-state index contributed by atoms with van der Waals surface area (Å²) in [6.07, 6.45) is 3.21. The maximum atomic E-state index is 11.7. The zero-order valence-electron chi connectivity index (χ0n) is 12.1. The zero-order valence-corrected chi connectivity index (χ0v) is 13.7. The van der Waals surface area contributed by atoms with Gasteiger partial charge in [0.25, 0.3) is 0 Å². The number of ether oxygens (including phenoxy) is 1. The third-order valence-corrected chi connectivity index (χ3v) is 4.30. The Bertz CT molecular complexity index is 396. The molecule has 0 spiro atoms. The molecule has 0 saturated heterocycles. The molecule has 0 bridgehead atoms. The van der Waals surface area contributed by atoms with Crippen LogP contribution in [0.25, 0.3) is 0 Å². The van der Waals surface area contributed by atoms with E-state index < -0.39 is 9.84 Å². The molecule has 0 aromatic rings. The lowest BCUT2D eigenvalue weighted by molar-refractivity contribution is -0.122. The van der Waals surface area contributed by atoms with E-state index in [-0.39, 0.29) is 29.5 Å². The van der Waals surface area contributed by atoms with Crippen LogP contribution in [0.4, 0.5) is 0 Å². The predicted octanol–water partition coefficient (Wildman–Crippen LogP) is -0.0247. The van der Waals surface area contributed by atoms with Crippen LogP contribution in [0.15, 0.2) is 0 Å². The van der Waals surface area contributed by atoms with Crippen LogP contribution in [-0.2, 0) is 19.4 Å². The molecular weight excluding hydrogens is 304 g/mol. The first-order valence-electron chi connectivity index (χ1n) is 6.51. The monoisotopic (exact) mass is 328 g/mol. The van der Waals surface area contributed by atoms with E-state index in [4.69, 9.17) is 4.74 Å². The Kier molecular flexibility index (Phi) is 8.65. The highest BCUT2D eigenvalue weighted by atomic mass is 35.5. The van der Waals surface area contributed by atoms with Gasteiger partial charge in [0.05, 0.1) is 12.4 Å². The Morgan fingerprint density at radius 1 is 1.25 bits per heavy atom. The molecular formula is C12H25ClN2O4S. The smallest absolute Gasteiger partial charge is 0.220 e. The Morgan fingerprint density at radius 2 is 1.90 bits per heavy atom. The lowest BCUT2D eigenvalue weighted by atomic mass is 10.1.